The number of carbonyl (C=O) groups excluding carboxylic acids is 1. The molecule has 0 saturated carbocycles. The molecule has 0 aliphatic carbocycles. The SMILES string of the molecule is CCc1ccc(OCc2cccc(C(=O)Nc3c(C)nn(Cc4ccc(OC)c(OC)c4)c3C)c2)cc1. The molecule has 7 heteroatoms. The highest BCUT2D eigenvalue weighted by Crippen LogP contribution is 2.29. The minimum Gasteiger partial charge on any atom is -0.493 e. The highest BCUT2D eigenvalue weighted by molar-refractivity contribution is 6.05. The molecule has 1 N–H and O–H groups in total. The maximum atomic E-state index is 13.1. The Morgan fingerprint density at radius 1 is 0.892 bits per heavy atom. The van der Waals surface area contributed by atoms with Crippen molar-refractivity contribution in [1.29, 1.82) is 0 Å². The van der Waals surface area contributed by atoms with Crippen LogP contribution in [0.25, 0.3) is 0 Å². The number of nitrogens with one attached hydrogen (secondary N) is 1. The molecule has 1 aromatic heterocycles. The lowest BCUT2D eigenvalue weighted by molar-refractivity contribution is 0.102. The number of anilines is 1. The standard InChI is InChI=1S/C30H33N3O4/c1-6-22-10-13-26(14-11-22)37-19-24-8-7-9-25(16-24)30(34)31-29-20(2)32-33(21(29)3)18-23-12-15-27(35-4)28(17-23)36-5/h7-17H,6,18-19H2,1-5H3,(H,31,34). The largest absolute Gasteiger partial charge is 0.493 e. The van der Waals surface area contributed by atoms with Gasteiger partial charge >= 0.3 is 0 Å². The van der Waals surface area contributed by atoms with Crippen LogP contribution in [0.1, 0.15) is 45.4 Å². The molecule has 1 heterocycles. The summed E-state index contributed by atoms with van der Waals surface area (Å²) in [6, 6.07) is 21.3. The van der Waals surface area contributed by atoms with Crippen molar-refractivity contribution in [3.05, 3.63) is 100 Å². The number of aromatic nitrogens is 2. The van der Waals surface area contributed by atoms with E-state index >= 15 is 0 Å². The monoisotopic (exact) mass is 499 g/mol. The topological polar surface area (TPSA) is 74.6 Å². The molecule has 0 unspecified atom stereocenters. The van der Waals surface area contributed by atoms with Gasteiger partial charge in [-0.2, -0.15) is 5.10 Å². The average molecular weight is 500 g/mol. The summed E-state index contributed by atoms with van der Waals surface area (Å²) in [6.45, 7) is 6.88. The Balaban J connectivity index is 1.44. The first-order valence-corrected chi connectivity index (χ1v) is 12.3. The number of benzene rings is 3. The molecule has 0 aliphatic rings. The maximum absolute atomic E-state index is 13.1. The first kappa shape index (κ1) is 25.8. The van der Waals surface area contributed by atoms with Crippen LogP contribution in [-0.4, -0.2) is 29.9 Å². The maximum Gasteiger partial charge on any atom is 0.255 e. The molecule has 0 atom stereocenters. The Kier molecular flexibility index (Phi) is 8.13. The molecule has 0 saturated heterocycles. The van der Waals surface area contributed by atoms with Crippen LogP contribution >= 0.6 is 0 Å². The zero-order chi connectivity index (χ0) is 26.4. The van der Waals surface area contributed by atoms with Crippen LogP contribution in [0, 0.1) is 13.8 Å². The van der Waals surface area contributed by atoms with Gasteiger partial charge in [0, 0.05) is 5.56 Å². The second kappa shape index (κ2) is 11.6. The highest BCUT2D eigenvalue weighted by atomic mass is 16.5. The van der Waals surface area contributed by atoms with Gasteiger partial charge in [0.2, 0.25) is 0 Å². The first-order valence-electron chi connectivity index (χ1n) is 12.3. The van der Waals surface area contributed by atoms with Crippen LogP contribution in [0.4, 0.5) is 5.69 Å². The van der Waals surface area contributed by atoms with E-state index < -0.39 is 0 Å². The van der Waals surface area contributed by atoms with Gasteiger partial charge in [0.25, 0.3) is 5.91 Å². The van der Waals surface area contributed by atoms with E-state index in [9.17, 15) is 4.79 Å². The Bertz CT molecular complexity index is 1380. The van der Waals surface area contributed by atoms with Gasteiger partial charge in [-0.3, -0.25) is 9.48 Å². The van der Waals surface area contributed by atoms with Crippen LogP contribution in [0.2, 0.25) is 0 Å². The molecule has 1 amide bonds. The number of carbonyl (C=O) groups is 1. The number of hydrogen-bond donors (Lipinski definition) is 1. The van der Waals surface area contributed by atoms with Crippen molar-refractivity contribution in [2.45, 2.75) is 40.3 Å². The number of aryl methyl sites for hydroxylation is 2. The minimum atomic E-state index is -0.189. The summed E-state index contributed by atoms with van der Waals surface area (Å²) in [5, 5.41) is 7.70. The molecule has 7 nitrogen and oxygen atoms in total. The number of amides is 1. The van der Waals surface area contributed by atoms with Gasteiger partial charge in [-0.15, -0.1) is 0 Å². The predicted molar refractivity (Wildman–Crippen MR) is 145 cm³/mol. The lowest BCUT2D eigenvalue weighted by Gasteiger charge is -2.11. The summed E-state index contributed by atoms with van der Waals surface area (Å²) < 4.78 is 18.5. The van der Waals surface area contributed by atoms with Crippen molar-refractivity contribution in [2.24, 2.45) is 0 Å². The fourth-order valence-corrected chi connectivity index (χ4v) is 4.16. The van der Waals surface area contributed by atoms with Crippen LogP contribution in [-0.2, 0) is 19.6 Å². The van der Waals surface area contributed by atoms with E-state index in [4.69, 9.17) is 14.2 Å². The Morgan fingerprint density at radius 2 is 1.62 bits per heavy atom. The van der Waals surface area contributed by atoms with Gasteiger partial charge in [0.1, 0.15) is 12.4 Å². The number of methoxy groups -OCH3 is 2. The van der Waals surface area contributed by atoms with Crippen molar-refractivity contribution in [1.82, 2.24) is 9.78 Å². The quantitative estimate of drug-likeness (QED) is 0.291. The summed E-state index contributed by atoms with van der Waals surface area (Å²) in [6.07, 6.45) is 0.992. The molecular formula is C30H33N3O4. The molecule has 0 fully saturated rings. The average Bonchev–Trinajstić information content (AvgIpc) is 3.19. The van der Waals surface area contributed by atoms with E-state index in [-0.39, 0.29) is 5.91 Å². The zero-order valence-electron chi connectivity index (χ0n) is 22.0. The van der Waals surface area contributed by atoms with Gasteiger partial charge in [-0.25, -0.2) is 0 Å². The van der Waals surface area contributed by atoms with Gasteiger partial charge < -0.3 is 19.5 Å². The molecule has 0 aliphatic heterocycles. The molecule has 0 radical (unpaired) electrons. The minimum absolute atomic E-state index is 0.189. The fourth-order valence-electron chi connectivity index (χ4n) is 4.16. The van der Waals surface area contributed by atoms with E-state index in [0.717, 1.165) is 34.7 Å². The molecule has 4 aromatic rings. The third-order valence-electron chi connectivity index (χ3n) is 6.33. The third-order valence-corrected chi connectivity index (χ3v) is 6.33. The van der Waals surface area contributed by atoms with E-state index in [1.54, 1.807) is 20.3 Å². The van der Waals surface area contributed by atoms with E-state index in [1.807, 2.05) is 67.1 Å². The van der Waals surface area contributed by atoms with Crippen LogP contribution < -0.4 is 19.5 Å². The van der Waals surface area contributed by atoms with Crippen molar-refractivity contribution >= 4 is 11.6 Å². The van der Waals surface area contributed by atoms with Gasteiger partial charge in [-0.1, -0.05) is 37.3 Å². The van der Waals surface area contributed by atoms with Gasteiger partial charge in [-0.05, 0) is 73.4 Å². The zero-order valence-corrected chi connectivity index (χ0v) is 22.0. The molecular weight excluding hydrogens is 466 g/mol. The van der Waals surface area contributed by atoms with Gasteiger partial charge in [0.05, 0.1) is 37.8 Å². The molecule has 3 aromatic carbocycles. The molecule has 192 valence electrons. The summed E-state index contributed by atoms with van der Waals surface area (Å²) >= 11 is 0. The number of rotatable bonds is 10. The Labute approximate surface area is 218 Å². The van der Waals surface area contributed by atoms with E-state index in [2.05, 4.69) is 29.5 Å². The second-order valence-corrected chi connectivity index (χ2v) is 8.83. The van der Waals surface area contributed by atoms with Gasteiger partial charge in [0.15, 0.2) is 11.5 Å². The molecule has 37 heavy (non-hydrogen) atoms. The van der Waals surface area contributed by atoms with E-state index in [0.29, 0.717) is 35.9 Å². The van der Waals surface area contributed by atoms with Crippen molar-refractivity contribution in [2.75, 3.05) is 19.5 Å². The first-order chi connectivity index (χ1) is 17.9. The lowest BCUT2D eigenvalue weighted by Crippen LogP contribution is -2.14. The summed E-state index contributed by atoms with van der Waals surface area (Å²) in [5.41, 5.74) is 6.10. The summed E-state index contributed by atoms with van der Waals surface area (Å²) in [4.78, 5) is 13.1. The number of hydrogen-bond acceptors (Lipinski definition) is 5. The normalized spacial score (nSPS) is 10.7. The summed E-state index contributed by atoms with van der Waals surface area (Å²) in [5.74, 6) is 1.96. The van der Waals surface area contributed by atoms with Crippen LogP contribution in [0.5, 0.6) is 17.2 Å². The van der Waals surface area contributed by atoms with E-state index in [1.165, 1.54) is 5.56 Å². The fraction of sp³-hybridized carbons (Fsp3) is 0.267. The lowest BCUT2D eigenvalue weighted by atomic mass is 10.1. The Hall–Kier alpha value is -4.26. The number of ether oxygens (including phenoxy) is 3. The highest BCUT2D eigenvalue weighted by Gasteiger charge is 2.16. The predicted octanol–water partition coefficient (Wildman–Crippen LogP) is 5.96. The summed E-state index contributed by atoms with van der Waals surface area (Å²) in [7, 11) is 3.23. The molecule has 0 bridgehead atoms. The number of nitrogens with zero attached hydrogens (tertiary/aromatic N) is 2. The van der Waals surface area contributed by atoms with Crippen molar-refractivity contribution in [3.63, 3.8) is 0 Å². The molecule has 0 spiro atoms. The smallest absolute Gasteiger partial charge is 0.255 e. The van der Waals surface area contributed by atoms with Crippen molar-refractivity contribution in [3.8, 4) is 17.2 Å². The molecule has 4 rings (SSSR count). The van der Waals surface area contributed by atoms with Crippen LogP contribution in [0.3, 0.4) is 0 Å². The second-order valence-electron chi connectivity index (χ2n) is 8.83. The third kappa shape index (κ3) is 6.12. The Morgan fingerprint density at radius 3 is 2.32 bits per heavy atom. The van der Waals surface area contributed by atoms with Crippen LogP contribution in [0.15, 0.2) is 66.7 Å². The van der Waals surface area contributed by atoms with Crippen molar-refractivity contribution < 1.29 is 19.0 Å².